The quantitative estimate of drug-likeness (QED) is 0.644. The summed E-state index contributed by atoms with van der Waals surface area (Å²) < 4.78 is 0. The molecule has 0 spiro atoms. The number of aromatic carboxylic acids is 1. The predicted octanol–water partition coefficient (Wildman–Crippen LogP) is 2.56. The van der Waals surface area contributed by atoms with Crippen LogP contribution in [0.1, 0.15) is 16.1 Å². The SMILES string of the molecule is Cc1ccc2cc(-c3cc(C(=O)O)[nH]n3)[nH]c2c1. The van der Waals surface area contributed by atoms with Crippen molar-refractivity contribution < 1.29 is 9.90 Å². The molecular formula is C13H11N3O2. The summed E-state index contributed by atoms with van der Waals surface area (Å²) in [6.45, 7) is 2.02. The number of aromatic nitrogens is 3. The van der Waals surface area contributed by atoms with Crippen LogP contribution in [0.3, 0.4) is 0 Å². The third kappa shape index (κ3) is 1.66. The van der Waals surface area contributed by atoms with E-state index in [0.29, 0.717) is 5.69 Å². The topological polar surface area (TPSA) is 81.8 Å². The van der Waals surface area contributed by atoms with Gasteiger partial charge in [0.15, 0.2) is 0 Å². The maximum absolute atomic E-state index is 10.8. The fraction of sp³-hybridized carbons (Fsp3) is 0.0769. The van der Waals surface area contributed by atoms with E-state index in [4.69, 9.17) is 5.11 Å². The molecule has 0 atom stereocenters. The van der Waals surface area contributed by atoms with Gasteiger partial charge in [-0.1, -0.05) is 12.1 Å². The summed E-state index contributed by atoms with van der Waals surface area (Å²) in [6.07, 6.45) is 0. The van der Waals surface area contributed by atoms with Crippen molar-refractivity contribution in [3.63, 3.8) is 0 Å². The average molecular weight is 241 g/mol. The normalized spacial score (nSPS) is 10.9. The lowest BCUT2D eigenvalue weighted by Gasteiger charge is -1.91. The number of carboxylic acid groups (broad SMARTS) is 1. The molecule has 0 saturated heterocycles. The zero-order valence-corrected chi connectivity index (χ0v) is 9.69. The number of H-pyrrole nitrogens is 2. The summed E-state index contributed by atoms with van der Waals surface area (Å²) in [5, 5.41) is 16.4. The van der Waals surface area contributed by atoms with E-state index in [-0.39, 0.29) is 5.69 Å². The summed E-state index contributed by atoms with van der Waals surface area (Å²) in [5.41, 5.74) is 3.68. The van der Waals surface area contributed by atoms with Crippen LogP contribution in [-0.4, -0.2) is 26.3 Å². The molecule has 0 amide bonds. The third-order valence-corrected chi connectivity index (χ3v) is 2.86. The summed E-state index contributed by atoms with van der Waals surface area (Å²) in [7, 11) is 0. The number of nitrogens with zero attached hydrogens (tertiary/aromatic N) is 1. The van der Waals surface area contributed by atoms with E-state index in [0.717, 1.165) is 16.6 Å². The van der Waals surface area contributed by atoms with Crippen molar-refractivity contribution in [2.45, 2.75) is 6.92 Å². The highest BCUT2D eigenvalue weighted by atomic mass is 16.4. The molecular weight excluding hydrogens is 230 g/mol. The first kappa shape index (κ1) is 10.6. The third-order valence-electron chi connectivity index (χ3n) is 2.86. The van der Waals surface area contributed by atoms with Gasteiger partial charge in [0.25, 0.3) is 0 Å². The van der Waals surface area contributed by atoms with E-state index in [2.05, 4.69) is 15.2 Å². The van der Waals surface area contributed by atoms with Crippen molar-refractivity contribution in [1.29, 1.82) is 0 Å². The number of nitrogens with one attached hydrogen (secondary N) is 2. The summed E-state index contributed by atoms with van der Waals surface area (Å²) >= 11 is 0. The second-order valence-corrected chi connectivity index (χ2v) is 4.25. The first-order valence-electron chi connectivity index (χ1n) is 5.52. The van der Waals surface area contributed by atoms with Crippen LogP contribution in [0.15, 0.2) is 30.3 Å². The Morgan fingerprint density at radius 1 is 1.28 bits per heavy atom. The monoisotopic (exact) mass is 241 g/mol. The van der Waals surface area contributed by atoms with Crippen LogP contribution >= 0.6 is 0 Å². The molecule has 0 aliphatic heterocycles. The van der Waals surface area contributed by atoms with Crippen LogP contribution in [-0.2, 0) is 0 Å². The Kier molecular flexibility index (Phi) is 2.19. The zero-order valence-electron chi connectivity index (χ0n) is 9.69. The minimum absolute atomic E-state index is 0.0832. The molecule has 0 bridgehead atoms. The molecule has 0 radical (unpaired) electrons. The second kappa shape index (κ2) is 3.73. The highest BCUT2D eigenvalue weighted by molar-refractivity contribution is 5.89. The fourth-order valence-corrected chi connectivity index (χ4v) is 1.95. The Balaban J connectivity index is 2.10. The largest absolute Gasteiger partial charge is 0.477 e. The summed E-state index contributed by atoms with van der Waals surface area (Å²) in [4.78, 5) is 14.0. The van der Waals surface area contributed by atoms with Crippen molar-refractivity contribution in [1.82, 2.24) is 15.2 Å². The van der Waals surface area contributed by atoms with Crippen LogP contribution in [0.2, 0.25) is 0 Å². The predicted molar refractivity (Wildman–Crippen MR) is 67.6 cm³/mol. The van der Waals surface area contributed by atoms with E-state index in [9.17, 15) is 4.79 Å². The molecule has 0 unspecified atom stereocenters. The first-order valence-corrected chi connectivity index (χ1v) is 5.52. The fourth-order valence-electron chi connectivity index (χ4n) is 1.95. The van der Waals surface area contributed by atoms with Crippen molar-refractivity contribution in [3.8, 4) is 11.4 Å². The van der Waals surface area contributed by atoms with Gasteiger partial charge in [0.2, 0.25) is 0 Å². The lowest BCUT2D eigenvalue weighted by atomic mass is 10.2. The molecule has 18 heavy (non-hydrogen) atoms. The first-order chi connectivity index (χ1) is 8.63. The van der Waals surface area contributed by atoms with Crippen molar-refractivity contribution in [2.75, 3.05) is 0 Å². The van der Waals surface area contributed by atoms with E-state index in [1.54, 1.807) is 0 Å². The molecule has 3 aromatic rings. The van der Waals surface area contributed by atoms with Crippen LogP contribution in [0.5, 0.6) is 0 Å². The van der Waals surface area contributed by atoms with Gasteiger partial charge in [-0.05, 0) is 24.6 Å². The van der Waals surface area contributed by atoms with E-state index in [1.807, 2.05) is 31.2 Å². The Hall–Kier alpha value is -2.56. The number of hydrogen-bond donors (Lipinski definition) is 3. The zero-order chi connectivity index (χ0) is 12.7. The van der Waals surface area contributed by atoms with Gasteiger partial charge in [-0.2, -0.15) is 5.10 Å². The minimum Gasteiger partial charge on any atom is -0.477 e. The summed E-state index contributed by atoms with van der Waals surface area (Å²) in [5.74, 6) is -1.01. The number of hydrogen-bond acceptors (Lipinski definition) is 2. The van der Waals surface area contributed by atoms with Crippen molar-refractivity contribution in [3.05, 3.63) is 41.6 Å². The van der Waals surface area contributed by atoms with E-state index < -0.39 is 5.97 Å². The number of carboxylic acids is 1. The van der Waals surface area contributed by atoms with Gasteiger partial charge in [-0.3, -0.25) is 5.10 Å². The summed E-state index contributed by atoms with van der Waals surface area (Å²) in [6, 6.07) is 9.57. The van der Waals surface area contributed by atoms with Gasteiger partial charge >= 0.3 is 5.97 Å². The number of aryl methyl sites for hydroxylation is 1. The Labute approximate surface area is 102 Å². The van der Waals surface area contributed by atoms with Gasteiger partial charge in [0.1, 0.15) is 11.4 Å². The lowest BCUT2D eigenvalue weighted by Crippen LogP contribution is -1.95. The Morgan fingerprint density at radius 3 is 2.83 bits per heavy atom. The molecule has 0 aliphatic carbocycles. The van der Waals surface area contributed by atoms with Crippen LogP contribution in [0.25, 0.3) is 22.3 Å². The maximum atomic E-state index is 10.8. The second-order valence-electron chi connectivity index (χ2n) is 4.25. The smallest absolute Gasteiger partial charge is 0.353 e. The molecule has 5 nitrogen and oxygen atoms in total. The highest BCUT2D eigenvalue weighted by Gasteiger charge is 2.11. The number of rotatable bonds is 2. The van der Waals surface area contributed by atoms with Crippen molar-refractivity contribution in [2.24, 2.45) is 0 Å². The molecule has 2 aromatic heterocycles. The van der Waals surface area contributed by atoms with Gasteiger partial charge in [0.05, 0.1) is 5.69 Å². The standard InChI is InChI=1S/C13H11N3O2/c1-7-2-3-8-5-10(14-9(8)4-7)11-6-12(13(17)18)16-15-11/h2-6,14H,1H3,(H,15,16)(H,17,18). The highest BCUT2D eigenvalue weighted by Crippen LogP contribution is 2.23. The molecule has 0 saturated carbocycles. The Bertz CT molecular complexity index is 740. The Morgan fingerprint density at radius 2 is 2.11 bits per heavy atom. The molecule has 2 heterocycles. The van der Waals surface area contributed by atoms with Crippen LogP contribution in [0.4, 0.5) is 0 Å². The molecule has 1 aromatic carbocycles. The molecule has 0 fully saturated rings. The lowest BCUT2D eigenvalue weighted by molar-refractivity contribution is 0.0690. The van der Waals surface area contributed by atoms with Gasteiger partial charge in [0, 0.05) is 17.0 Å². The molecule has 3 N–H and O–H groups in total. The number of carbonyl (C=O) groups is 1. The number of aromatic amines is 2. The van der Waals surface area contributed by atoms with Gasteiger partial charge in [-0.15, -0.1) is 0 Å². The van der Waals surface area contributed by atoms with E-state index in [1.165, 1.54) is 11.6 Å². The number of benzene rings is 1. The van der Waals surface area contributed by atoms with Gasteiger partial charge in [-0.25, -0.2) is 4.79 Å². The minimum atomic E-state index is -1.01. The number of fused-ring (bicyclic) bond motifs is 1. The van der Waals surface area contributed by atoms with Crippen LogP contribution < -0.4 is 0 Å². The van der Waals surface area contributed by atoms with Crippen molar-refractivity contribution >= 4 is 16.9 Å². The molecule has 0 aliphatic rings. The van der Waals surface area contributed by atoms with E-state index >= 15 is 0 Å². The average Bonchev–Trinajstić information content (AvgIpc) is 2.93. The molecule has 90 valence electrons. The molecule has 5 heteroatoms. The maximum Gasteiger partial charge on any atom is 0.353 e. The van der Waals surface area contributed by atoms with Crippen LogP contribution in [0, 0.1) is 6.92 Å². The molecule has 3 rings (SSSR count). The van der Waals surface area contributed by atoms with Gasteiger partial charge < -0.3 is 10.1 Å².